The Morgan fingerprint density at radius 2 is 1.70 bits per heavy atom. The van der Waals surface area contributed by atoms with Gasteiger partial charge in [0, 0.05) is 13.0 Å². The zero-order chi connectivity index (χ0) is 23.3. The number of aryl methyl sites for hydroxylation is 1. The molecule has 0 radical (unpaired) electrons. The molecule has 0 spiro atoms. The van der Waals surface area contributed by atoms with Crippen LogP contribution in [-0.2, 0) is 27.8 Å². The summed E-state index contributed by atoms with van der Waals surface area (Å²) in [5.41, 5.74) is 2.03. The quantitative estimate of drug-likeness (QED) is 0.455. The average molecular weight is 468 g/mol. The lowest BCUT2D eigenvalue weighted by Gasteiger charge is -2.23. The maximum absolute atomic E-state index is 13.2. The van der Waals surface area contributed by atoms with Crippen LogP contribution in [0.2, 0.25) is 0 Å². The zero-order valence-electron chi connectivity index (χ0n) is 18.2. The molecule has 0 unspecified atom stereocenters. The number of ether oxygens (including phenoxy) is 1. The molecule has 3 aromatic rings. The number of carbonyl (C=O) groups is 1. The largest absolute Gasteiger partial charge is 0.489 e. The third-order valence-electron chi connectivity index (χ3n) is 5.80. The summed E-state index contributed by atoms with van der Waals surface area (Å²) < 4.78 is 46.3. The summed E-state index contributed by atoms with van der Waals surface area (Å²) in [6.07, 6.45) is 1.86. The first-order valence-corrected chi connectivity index (χ1v) is 12.4. The van der Waals surface area contributed by atoms with E-state index in [1.165, 1.54) is 16.4 Å². The first-order valence-electron chi connectivity index (χ1n) is 11.0. The number of Topliss-reactive ketones (excluding diaryl/α,β-unsaturated/α-hetero) is 1. The highest BCUT2D eigenvalue weighted by Gasteiger charge is 2.38. The standard InChI is InChI=1S/C26H26FNO4S/c27-22-12-14-24(15-13-22)33(30,31)28-17-5-10-25(28)26(29)16-11-20-8-4-9-23(18-20)32-19-21-6-2-1-3-7-21/h1-4,6-9,12-15,18,25H,5,10-11,16-17,19H2/t25-/m0/s1. The van der Waals surface area contributed by atoms with E-state index in [4.69, 9.17) is 4.74 Å². The minimum absolute atomic E-state index is 0.00636. The highest BCUT2D eigenvalue weighted by Crippen LogP contribution is 2.28. The van der Waals surface area contributed by atoms with E-state index in [0.29, 0.717) is 32.4 Å². The maximum Gasteiger partial charge on any atom is 0.243 e. The van der Waals surface area contributed by atoms with Gasteiger partial charge >= 0.3 is 0 Å². The molecule has 7 heteroatoms. The lowest BCUT2D eigenvalue weighted by atomic mass is 10.0. The minimum atomic E-state index is -3.85. The Morgan fingerprint density at radius 3 is 2.45 bits per heavy atom. The molecule has 1 fully saturated rings. The molecular formula is C26H26FNO4S. The molecule has 0 amide bonds. The molecule has 1 saturated heterocycles. The van der Waals surface area contributed by atoms with E-state index in [9.17, 15) is 17.6 Å². The van der Waals surface area contributed by atoms with Crippen LogP contribution < -0.4 is 4.74 Å². The van der Waals surface area contributed by atoms with Crippen LogP contribution in [0.4, 0.5) is 4.39 Å². The Morgan fingerprint density at radius 1 is 0.970 bits per heavy atom. The van der Waals surface area contributed by atoms with Gasteiger partial charge < -0.3 is 4.74 Å². The van der Waals surface area contributed by atoms with Crippen LogP contribution in [-0.4, -0.2) is 31.1 Å². The summed E-state index contributed by atoms with van der Waals surface area (Å²) in [7, 11) is -3.85. The minimum Gasteiger partial charge on any atom is -0.489 e. The summed E-state index contributed by atoms with van der Waals surface area (Å²) >= 11 is 0. The smallest absolute Gasteiger partial charge is 0.243 e. The Kier molecular flexibility index (Phi) is 7.20. The van der Waals surface area contributed by atoms with Crippen molar-refractivity contribution in [3.05, 3.63) is 95.8 Å². The van der Waals surface area contributed by atoms with Crippen molar-refractivity contribution in [3.8, 4) is 5.75 Å². The number of ketones is 1. The summed E-state index contributed by atoms with van der Waals surface area (Å²) in [6, 6.07) is 21.5. The van der Waals surface area contributed by atoms with Gasteiger partial charge in [0.2, 0.25) is 10.0 Å². The number of sulfonamides is 1. The van der Waals surface area contributed by atoms with Gasteiger partial charge in [0.15, 0.2) is 5.78 Å². The van der Waals surface area contributed by atoms with E-state index in [1.54, 1.807) is 0 Å². The molecule has 0 N–H and O–H groups in total. The van der Waals surface area contributed by atoms with E-state index < -0.39 is 21.9 Å². The summed E-state index contributed by atoms with van der Waals surface area (Å²) in [4.78, 5) is 13.0. The van der Waals surface area contributed by atoms with Gasteiger partial charge in [-0.05, 0) is 66.8 Å². The molecule has 5 nitrogen and oxygen atoms in total. The predicted molar refractivity (Wildman–Crippen MR) is 124 cm³/mol. The van der Waals surface area contributed by atoms with Gasteiger partial charge in [-0.3, -0.25) is 4.79 Å². The summed E-state index contributed by atoms with van der Waals surface area (Å²) in [5.74, 6) is 0.122. The fourth-order valence-corrected chi connectivity index (χ4v) is 5.74. The van der Waals surface area contributed by atoms with Crippen molar-refractivity contribution >= 4 is 15.8 Å². The second-order valence-electron chi connectivity index (χ2n) is 8.12. The molecule has 1 heterocycles. The molecule has 0 aromatic heterocycles. The van der Waals surface area contributed by atoms with Crippen molar-refractivity contribution < 1.29 is 22.3 Å². The number of carbonyl (C=O) groups excluding carboxylic acids is 1. The number of hydrogen-bond donors (Lipinski definition) is 0. The zero-order valence-corrected chi connectivity index (χ0v) is 19.0. The maximum atomic E-state index is 13.2. The summed E-state index contributed by atoms with van der Waals surface area (Å²) in [6.45, 7) is 0.750. The van der Waals surface area contributed by atoms with Crippen molar-refractivity contribution in [2.75, 3.05) is 6.54 Å². The molecule has 0 saturated carbocycles. The van der Waals surface area contributed by atoms with E-state index in [2.05, 4.69) is 0 Å². The Labute approximate surface area is 193 Å². The van der Waals surface area contributed by atoms with Crippen molar-refractivity contribution in [1.29, 1.82) is 0 Å². The van der Waals surface area contributed by atoms with Gasteiger partial charge in [-0.15, -0.1) is 0 Å². The van der Waals surface area contributed by atoms with Crippen LogP contribution in [0.3, 0.4) is 0 Å². The molecule has 0 bridgehead atoms. The SMILES string of the molecule is O=C(CCc1cccc(OCc2ccccc2)c1)[C@@H]1CCCN1S(=O)(=O)c1ccc(F)cc1. The highest BCUT2D eigenvalue weighted by atomic mass is 32.2. The van der Waals surface area contributed by atoms with Crippen LogP contribution in [0.15, 0.2) is 83.8 Å². The molecule has 1 aliphatic rings. The van der Waals surface area contributed by atoms with E-state index >= 15 is 0 Å². The molecule has 1 atom stereocenters. The number of nitrogens with zero attached hydrogens (tertiary/aromatic N) is 1. The normalized spacial score (nSPS) is 16.6. The Hall–Kier alpha value is -3.03. The van der Waals surface area contributed by atoms with Crippen LogP contribution in [0.5, 0.6) is 5.75 Å². The monoisotopic (exact) mass is 467 g/mol. The van der Waals surface area contributed by atoms with E-state index in [1.807, 2.05) is 54.6 Å². The highest BCUT2D eigenvalue weighted by molar-refractivity contribution is 7.89. The van der Waals surface area contributed by atoms with Gasteiger partial charge in [-0.2, -0.15) is 4.31 Å². The van der Waals surface area contributed by atoms with Crippen molar-refractivity contribution in [2.24, 2.45) is 0 Å². The first kappa shape index (κ1) is 23.1. The number of benzene rings is 3. The van der Waals surface area contributed by atoms with Gasteiger partial charge in [-0.25, -0.2) is 12.8 Å². The lowest BCUT2D eigenvalue weighted by Crippen LogP contribution is -2.40. The van der Waals surface area contributed by atoms with Gasteiger partial charge in [0.05, 0.1) is 10.9 Å². The molecule has 33 heavy (non-hydrogen) atoms. The molecule has 1 aliphatic heterocycles. The Balaban J connectivity index is 1.37. The molecule has 172 valence electrons. The van der Waals surface area contributed by atoms with E-state index in [0.717, 1.165) is 29.0 Å². The lowest BCUT2D eigenvalue weighted by molar-refractivity contribution is -0.122. The fraction of sp³-hybridized carbons (Fsp3) is 0.269. The third-order valence-corrected chi connectivity index (χ3v) is 7.72. The topological polar surface area (TPSA) is 63.7 Å². The molecule has 0 aliphatic carbocycles. The van der Waals surface area contributed by atoms with Crippen molar-refractivity contribution in [2.45, 2.75) is 43.2 Å². The number of rotatable bonds is 9. The Bertz CT molecular complexity index is 1200. The van der Waals surface area contributed by atoms with Crippen molar-refractivity contribution in [3.63, 3.8) is 0 Å². The summed E-state index contributed by atoms with van der Waals surface area (Å²) in [5, 5.41) is 0. The van der Waals surface area contributed by atoms with Gasteiger partial charge in [-0.1, -0.05) is 42.5 Å². The van der Waals surface area contributed by atoms with Crippen LogP contribution in [0.1, 0.15) is 30.4 Å². The van der Waals surface area contributed by atoms with Crippen molar-refractivity contribution in [1.82, 2.24) is 4.31 Å². The predicted octanol–water partition coefficient (Wildman–Crippen LogP) is 4.76. The third kappa shape index (κ3) is 5.67. The van der Waals surface area contributed by atoms with Gasteiger partial charge in [0.25, 0.3) is 0 Å². The first-order chi connectivity index (χ1) is 15.9. The average Bonchev–Trinajstić information content (AvgIpc) is 3.34. The molecule has 4 rings (SSSR count). The molecular weight excluding hydrogens is 441 g/mol. The van der Waals surface area contributed by atoms with E-state index in [-0.39, 0.29) is 17.1 Å². The van der Waals surface area contributed by atoms with Gasteiger partial charge in [0.1, 0.15) is 18.2 Å². The second kappa shape index (κ2) is 10.3. The molecule has 3 aromatic carbocycles. The second-order valence-corrected chi connectivity index (χ2v) is 10.0. The number of hydrogen-bond acceptors (Lipinski definition) is 4. The van der Waals surface area contributed by atoms with Crippen LogP contribution in [0.25, 0.3) is 0 Å². The van der Waals surface area contributed by atoms with Crippen LogP contribution in [0, 0.1) is 5.82 Å². The van der Waals surface area contributed by atoms with Crippen LogP contribution >= 0.6 is 0 Å². The number of halogens is 1. The fourth-order valence-electron chi connectivity index (χ4n) is 4.06.